The second-order valence-electron chi connectivity index (χ2n) is 8.82. The number of benzene rings is 2. The summed E-state index contributed by atoms with van der Waals surface area (Å²) in [6.45, 7) is 7.53. The molecule has 0 spiro atoms. The Morgan fingerprint density at radius 2 is 1.74 bits per heavy atom. The molecule has 35 heavy (non-hydrogen) atoms. The molecular formula is C28H28N4O3. The van der Waals surface area contributed by atoms with E-state index in [1.807, 2.05) is 41.3 Å². The molecule has 3 aromatic rings. The third-order valence-electron chi connectivity index (χ3n) is 6.61. The summed E-state index contributed by atoms with van der Waals surface area (Å²) in [4.78, 5) is 34.6. The van der Waals surface area contributed by atoms with Crippen LogP contribution in [0.2, 0.25) is 0 Å². The summed E-state index contributed by atoms with van der Waals surface area (Å²) in [5.74, 6) is 0.378. The summed E-state index contributed by atoms with van der Waals surface area (Å²) in [6, 6.07) is 20.5. The normalized spacial score (nSPS) is 16.0. The molecule has 1 saturated heterocycles. The maximum absolute atomic E-state index is 12.2. The Morgan fingerprint density at radius 1 is 1.03 bits per heavy atom. The Morgan fingerprint density at radius 3 is 2.43 bits per heavy atom. The van der Waals surface area contributed by atoms with E-state index in [1.165, 1.54) is 11.6 Å². The van der Waals surface area contributed by atoms with E-state index >= 15 is 0 Å². The van der Waals surface area contributed by atoms with Crippen molar-refractivity contribution in [3.8, 4) is 28.3 Å². The minimum Gasteiger partial charge on any atom is -0.466 e. The molecule has 0 N–H and O–H groups in total. The highest BCUT2D eigenvalue weighted by Gasteiger charge is 2.26. The number of hydrogen-bond donors (Lipinski definition) is 0. The molecule has 0 unspecified atom stereocenters. The van der Waals surface area contributed by atoms with Crippen LogP contribution in [-0.4, -0.2) is 66.4 Å². The molecular weight excluding hydrogens is 440 g/mol. The fourth-order valence-corrected chi connectivity index (χ4v) is 4.53. The molecule has 0 bridgehead atoms. The molecule has 2 aliphatic heterocycles. The van der Waals surface area contributed by atoms with Gasteiger partial charge in [0.1, 0.15) is 5.69 Å². The van der Waals surface area contributed by atoms with Crippen LogP contribution in [0, 0.1) is 0 Å². The second kappa shape index (κ2) is 9.72. The number of carbonyl (C=O) groups excluding carboxylic acids is 2. The number of ether oxygens (including phenoxy) is 1. The lowest BCUT2D eigenvalue weighted by molar-refractivity contribution is -0.127. The first-order chi connectivity index (χ1) is 17.0. The van der Waals surface area contributed by atoms with E-state index in [4.69, 9.17) is 9.72 Å². The van der Waals surface area contributed by atoms with Crippen LogP contribution >= 0.6 is 0 Å². The number of aromatic nitrogens is 1. The largest absolute Gasteiger partial charge is 0.466 e. The van der Waals surface area contributed by atoms with Gasteiger partial charge >= 0.3 is 0 Å². The van der Waals surface area contributed by atoms with E-state index in [0.29, 0.717) is 11.6 Å². The molecule has 7 heteroatoms. The maximum atomic E-state index is 12.2. The van der Waals surface area contributed by atoms with Gasteiger partial charge in [0.15, 0.2) is 6.61 Å². The lowest BCUT2D eigenvalue weighted by Gasteiger charge is -2.34. The van der Waals surface area contributed by atoms with Gasteiger partial charge in [-0.25, -0.2) is 4.98 Å². The van der Waals surface area contributed by atoms with Crippen molar-refractivity contribution in [2.24, 2.45) is 0 Å². The van der Waals surface area contributed by atoms with Crippen molar-refractivity contribution in [1.29, 1.82) is 0 Å². The first-order valence-electron chi connectivity index (χ1n) is 11.8. The molecule has 5 rings (SSSR count). The van der Waals surface area contributed by atoms with Gasteiger partial charge < -0.3 is 14.5 Å². The number of fused-ring (bicyclic) bond motifs is 1. The highest BCUT2D eigenvalue weighted by atomic mass is 16.5. The number of hydrogen-bond acceptors (Lipinski definition) is 5. The number of piperazine rings is 1. The van der Waals surface area contributed by atoms with Gasteiger partial charge in [-0.05, 0) is 23.3 Å². The van der Waals surface area contributed by atoms with Crippen LogP contribution in [0.5, 0.6) is 5.88 Å². The van der Waals surface area contributed by atoms with E-state index in [1.54, 1.807) is 11.9 Å². The van der Waals surface area contributed by atoms with Crippen LogP contribution in [0.4, 0.5) is 5.69 Å². The Balaban J connectivity index is 1.40. The fourth-order valence-electron chi connectivity index (χ4n) is 4.53. The standard InChI is InChI=1S/C28H28N4O3/c1-3-25(33)32-15-13-31(14-16-32)18-20-9-11-22(12-10-20)27-23(21-7-5-4-6-8-21)17-24-28(29-27)35-19-26(34)30(24)2/h3-12,17H,1,13-16,18-19H2,2H3. The predicted molar refractivity (Wildman–Crippen MR) is 136 cm³/mol. The zero-order chi connectivity index (χ0) is 24.4. The summed E-state index contributed by atoms with van der Waals surface area (Å²) in [5, 5.41) is 0. The van der Waals surface area contributed by atoms with Crippen molar-refractivity contribution in [3.63, 3.8) is 0 Å². The van der Waals surface area contributed by atoms with Crippen LogP contribution in [0.1, 0.15) is 5.56 Å². The van der Waals surface area contributed by atoms with Crippen LogP contribution in [-0.2, 0) is 16.1 Å². The Kier molecular flexibility index (Phi) is 6.33. The van der Waals surface area contributed by atoms with Gasteiger partial charge in [-0.2, -0.15) is 0 Å². The Labute approximate surface area is 205 Å². The monoisotopic (exact) mass is 468 g/mol. The summed E-state index contributed by atoms with van der Waals surface area (Å²) < 4.78 is 5.67. The van der Waals surface area contributed by atoms with Gasteiger partial charge in [0, 0.05) is 50.9 Å². The van der Waals surface area contributed by atoms with Gasteiger partial charge in [0.2, 0.25) is 11.8 Å². The molecule has 0 radical (unpaired) electrons. The van der Waals surface area contributed by atoms with Gasteiger partial charge in [-0.15, -0.1) is 0 Å². The number of pyridine rings is 1. The molecule has 1 fully saturated rings. The Bertz CT molecular complexity index is 1250. The molecule has 0 atom stereocenters. The minimum absolute atomic E-state index is 0.000289. The van der Waals surface area contributed by atoms with Crippen molar-refractivity contribution in [3.05, 3.63) is 78.9 Å². The molecule has 0 saturated carbocycles. The molecule has 1 aromatic heterocycles. The highest BCUT2D eigenvalue weighted by Crippen LogP contribution is 2.39. The average molecular weight is 469 g/mol. The number of amides is 2. The zero-order valence-electron chi connectivity index (χ0n) is 19.8. The van der Waals surface area contributed by atoms with E-state index < -0.39 is 0 Å². The lowest BCUT2D eigenvalue weighted by atomic mass is 9.97. The lowest BCUT2D eigenvalue weighted by Crippen LogP contribution is -2.47. The van der Waals surface area contributed by atoms with E-state index in [-0.39, 0.29) is 18.4 Å². The van der Waals surface area contributed by atoms with Crippen molar-refractivity contribution in [1.82, 2.24) is 14.8 Å². The molecule has 7 nitrogen and oxygen atoms in total. The van der Waals surface area contributed by atoms with Crippen LogP contribution in [0.15, 0.2) is 73.3 Å². The van der Waals surface area contributed by atoms with Gasteiger partial charge in [-0.3, -0.25) is 14.5 Å². The quantitative estimate of drug-likeness (QED) is 0.536. The summed E-state index contributed by atoms with van der Waals surface area (Å²) in [5.41, 5.74) is 5.67. The molecule has 0 aliphatic carbocycles. The molecule has 2 aliphatic rings. The van der Waals surface area contributed by atoms with Gasteiger partial charge in [0.25, 0.3) is 5.91 Å². The van der Waals surface area contributed by atoms with Gasteiger partial charge in [0.05, 0.1) is 5.69 Å². The number of rotatable bonds is 5. The number of likely N-dealkylation sites (N-methyl/N-ethyl adjacent to an activating group) is 1. The van der Waals surface area contributed by atoms with E-state index in [2.05, 4.69) is 35.7 Å². The van der Waals surface area contributed by atoms with Crippen molar-refractivity contribution >= 4 is 17.5 Å². The number of carbonyl (C=O) groups is 2. The fraction of sp³-hybridized carbons (Fsp3) is 0.250. The number of anilines is 1. The predicted octanol–water partition coefficient (Wildman–Crippen LogP) is 3.60. The van der Waals surface area contributed by atoms with E-state index in [0.717, 1.165) is 55.1 Å². The first-order valence-corrected chi connectivity index (χ1v) is 11.8. The third kappa shape index (κ3) is 4.68. The zero-order valence-corrected chi connectivity index (χ0v) is 19.8. The highest BCUT2D eigenvalue weighted by molar-refractivity contribution is 5.98. The first kappa shape index (κ1) is 22.8. The average Bonchev–Trinajstić information content (AvgIpc) is 2.91. The van der Waals surface area contributed by atoms with Crippen LogP contribution < -0.4 is 9.64 Å². The maximum Gasteiger partial charge on any atom is 0.264 e. The van der Waals surface area contributed by atoms with Crippen LogP contribution in [0.25, 0.3) is 22.4 Å². The van der Waals surface area contributed by atoms with Crippen LogP contribution in [0.3, 0.4) is 0 Å². The summed E-state index contributed by atoms with van der Waals surface area (Å²) in [7, 11) is 1.75. The molecule has 2 amide bonds. The van der Waals surface area contributed by atoms with Crippen molar-refractivity contribution in [2.45, 2.75) is 6.54 Å². The van der Waals surface area contributed by atoms with Crippen molar-refractivity contribution in [2.75, 3.05) is 44.7 Å². The SMILES string of the molecule is C=CC(=O)N1CCN(Cc2ccc(-c3nc4c(cc3-c3ccccc3)N(C)C(=O)CO4)cc2)CC1. The smallest absolute Gasteiger partial charge is 0.264 e. The molecule has 3 heterocycles. The summed E-state index contributed by atoms with van der Waals surface area (Å²) >= 11 is 0. The minimum atomic E-state index is -0.0925. The topological polar surface area (TPSA) is 66.0 Å². The van der Waals surface area contributed by atoms with Gasteiger partial charge in [-0.1, -0.05) is 61.2 Å². The molecule has 178 valence electrons. The summed E-state index contributed by atoms with van der Waals surface area (Å²) in [6.07, 6.45) is 1.38. The van der Waals surface area contributed by atoms with E-state index in [9.17, 15) is 9.59 Å². The Hall–Kier alpha value is -3.97. The molecule has 2 aromatic carbocycles. The second-order valence-corrected chi connectivity index (χ2v) is 8.82. The van der Waals surface area contributed by atoms with Crippen molar-refractivity contribution < 1.29 is 14.3 Å². The number of nitrogens with zero attached hydrogens (tertiary/aromatic N) is 4. The third-order valence-corrected chi connectivity index (χ3v) is 6.61.